The number of benzene rings is 2. The van der Waals surface area contributed by atoms with Crippen LogP contribution in [-0.2, 0) is 4.74 Å². The number of hydrogen-bond donors (Lipinski definition) is 2. The van der Waals surface area contributed by atoms with Crippen molar-refractivity contribution < 1.29 is 18.5 Å². The van der Waals surface area contributed by atoms with E-state index in [1.165, 1.54) is 36.5 Å². The van der Waals surface area contributed by atoms with Crippen molar-refractivity contribution in [2.45, 2.75) is 0 Å². The monoisotopic (exact) mass is 574 g/mol. The number of aromatic nitrogens is 3. The van der Waals surface area contributed by atoms with Gasteiger partial charge in [-0.1, -0.05) is 11.6 Å². The number of ether oxygens (including phenoxy) is 1. The summed E-state index contributed by atoms with van der Waals surface area (Å²) < 4.78 is 24.5. The zero-order valence-electron chi connectivity index (χ0n) is 20.1. The number of anilines is 4. The van der Waals surface area contributed by atoms with Crippen LogP contribution in [0, 0.1) is 15.9 Å². The van der Waals surface area contributed by atoms with Crippen molar-refractivity contribution in [2.75, 3.05) is 41.9 Å². The Labute approximate surface area is 232 Å². The Kier molecular flexibility index (Phi) is 8.86. The van der Waals surface area contributed by atoms with Gasteiger partial charge in [0.15, 0.2) is 0 Å². The van der Waals surface area contributed by atoms with Gasteiger partial charge < -0.3 is 19.4 Å². The summed E-state index contributed by atoms with van der Waals surface area (Å²) in [5.41, 5.74) is 3.78. The first kappa shape index (κ1) is 27.7. The van der Waals surface area contributed by atoms with Crippen molar-refractivity contribution in [3.05, 3.63) is 81.3 Å². The number of nitro benzene ring substituents is 1. The van der Waals surface area contributed by atoms with E-state index in [0.29, 0.717) is 55.0 Å². The van der Waals surface area contributed by atoms with Crippen molar-refractivity contribution in [1.82, 2.24) is 15.0 Å². The summed E-state index contributed by atoms with van der Waals surface area (Å²) in [6.07, 6.45) is 1.42. The van der Waals surface area contributed by atoms with Gasteiger partial charge in [-0.05, 0) is 42.5 Å². The Morgan fingerprint density at radius 1 is 1.05 bits per heavy atom. The summed E-state index contributed by atoms with van der Waals surface area (Å²) in [6, 6.07) is 13.3. The topological polar surface area (TPSA) is 144 Å². The van der Waals surface area contributed by atoms with Gasteiger partial charge >= 0.3 is 0 Å². The Hall–Kier alpha value is -4.33. The molecular weight excluding hydrogens is 554 g/mol. The number of nitrogens with one attached hydrogen (secondary N) is 2. The first-order valence-corrected chi connectivity index (χ1v) is 11.8. The zero-order chi connectivity index (χ0) is 26.5. The lowest BCUT2D eigenvalue weighted by Crippen LogP contribution is -2.37. The molecule has 1 fully saturated rings. The molecule has 5 rings (SSSR count). The van der Waals surface area contributed by atoms with Gasteiger partial charge in [-0.25, -0.2) is 9.82 Å². The lowest BCUT2D eigenvalue weighted by Gasteiger charge is -2.27. The molecule has 0 atom stereocenters. The summed E-state index contributed by atoms with van der Waals surface area (Å²) in [6.45, 7) is 2.33. The average molecular weight is 575 g/mol. The average Bonchev–Trinajstić information content (AvgIpc) is 3.39. The number of rotatable bonds is 8. The molecule has 39 heavy (non-hydrogen) atoms. The summed E-state index contributed by atoms with van der Waals surface area (Å²) in [4.78, 5) is 25.7. The van der Waals surface area contributed by atoms with E-state index in [9.17, 15) is 14.5 Å². The molecule has 202 valence electrons. The highest BCUT2D eigenvalue weighted by atomic mass is 35.5. The first-order chi connectivity index (χ1) is 18.4. The number of furan rings is 1. The van der Waals surface area contributed by atoms with Crippen molar-refractivity contribution in [3.8, 4) is 11.3 Å². The highest BCUT2D eigenvalue weighted by Gasteiger charge is 2.17. The molecule has 1 aliphatic heterocycles. The third kappa shape index (κ3) is 6.96. The minimum absolute atomic E-state index is 0. The van der Waals surface area contributed by atoms with Crippen LogP contribution in [0.1, 0.15) is 5.76 Å². The molecule has 2 N–H and O–H groups in total. The molecule has 0 radical (unpaired) electrons. The third-order valence-corrected chi connectivity index (χ3v) is 5.74. The predicted molar refractivity (Wildman–Crippen MR) is 147 cm³/mol. The Bertz CT molecular complexity index is 1480. The highest BCUT2D eigenvalue weighted by molar-refractivity contribution is 6.33. The van der Waals surface area contributed by atoms with Crippen LogP contribution in [0.2, 0.25) is 5.02 Å². The van der Waals surface area contributed by atoms with E-state index < -0.39 is 4.92 Å². The largest absolute Gasteiger partial charge is 0.455 e. The quantitative estimate of drug-likeness (QED) is 0.162. The number of morpholine rings is 1. The van der Waals surface area contributed by atoms with E-state index in [0.717, 1.165) is 0 Å². The van der Waals surface area contributed by atoms with Crippen LogP contribution in [0.3, 0.4) is 0 Å². The third-order valence-electron chi connectivity index (χ3n) is 5.43. The SMILES string of the molecule is Cl.O=[N+]([O-])c1ccc(-c2ccc(C=NNc3nc(Nc4ccc(F)cc4)nc(N4CCOCC4)n3)o2)c(Cl)c1. The Morgan fingerprint density at radius 3 is 2.51 bits per heavy atom. The Balaban J connectivity index is 0.00000353. The normalized spacial score (nSPS) is 13.2. The molecule has 2 aromatic heterocycles. The summed E-state index contributed by atoms with van der Waals surface area (Å²) in [5.74, 6) is 1.32. The van der Waals surface area contributed by atoms with Gasteiger partial charge in [-0.15, -0.1) is 12.4 Å². The second-order valence-electron chi connectivity index (χ2n) is 8.01. The number of non-ortho nitro benzene ring substituents is 1. The van der Waals surface area contributed by atoms with Gasteiger partial charge in [-0.3, -0.25) is 10.1 Å². The maximum atomic E-state index is 13.3. The molecule has 1 saturated heterocycles. The molecule has 12 nitrogen and oxygen atoms in total. The minimum Gasteiger partial charge on any atom is -0.455 e. The molecule has 0 bridgehead atoms. The second-order valence-corrected chi connectivity index (χ2v) is 8.41. The van der Waals surface area contributed by atoms with E-state index in [2.05, 4.69) is 30.8 Å². The standard InChI is InChI=1S/C24H20ClFN8O4.ClH/c25-20-13-17(34(35)36)5-7-19(20)21-8-6-18(38-21)14-27-32-23-29-22(28-16-3-1-15(26)2-4-16)30-24(31-23)33-9-11-37-12-10-33;/h1-8,13-14H,9-12H2,(H2,28,29,30,31,32);1H. The maximum Gasteiger partial charge on any atom is 0.270 e. The van der Waals surface area contributed by atoms with Crippen LogP contribution >= 0.6 is 24.0 Å². The fourth-order valence-corrected chi connectivity index (χ4v) is 3.84. The first-order valence-electron chi connectivity index (χ1n) is 11.4. The van der Waals surface area contributed by atoms with Gasteiger partial charge in [0.2, 0.25) is 17.8 Å². The summed E-state index contributed by atoms with van der Waals surface area (Å²) in [7, 11) is 0. The molecule has 4 aromatic rings. The minimum atomic E-state index is -0.520. The number of hydrogen-bond acceptors (Lipinski definition) is 11. The van der Waals surface area contributed by atoms with Crippen LogP contribution in [0.5, 0.6) is 0 Å². The molecule has 0 unspecified atom stereocenters. The van der Waals surface area contributed by atoms with Crippen LogP contribution in [0.25, 0.3) is 11.3 Å². The zero-order valence-corrected chi connectivity index (χ0v) is 21.7. The van der Waals surface area contributed by atoms with Gasteiger partial charge in [0.25, 0.3) is 5.69 Å². The van der Waals surface area contributed by atoms with E-state index in [1.54, 1.807) is 24.3 Å². The fourth-order valence-electron chi connectivity index (χ4n) is 3.58. The fraction of sp³-hybridized carbons (Fsp3) is 0.167. The van der Waals surface area contributed by atoms with Crippen LogP contribution in [-0.4, -0.2) is 52.4 Å². The number of nitrogens with zero attached hydrogens (tertiary/aromatic N) is 6. The van der Waals surface area contributed by atoms with E-state index >= 15 is 0 Å². The lowest BCUT2D eigenvalue weighted by atomic mass is 10.1. The molecule has 0 aliphatic carbocycles. The molecule has 0 saturated carbocycles. The van der Waals surface area contributed by atoms with Gasteiger partial charge in [0.1, 0.15) is 17.3 Å². The molecule has 2 aromatic carbocycles. The van der Waals surface area contributed by atoms with E-state index in [-0.39, 0.29) is 40.8 Å². The molecule has 15 heteroatoms. The lowest BCUT2D eigenvalue weighted by molar-refractivity contribution is -0.384. The summed E-state index contributed by atoms with van der Waals surface area (Å²) in [5, 5.41) is 18.3. The number of halogens is 3. The van der Waals surface area contributed by atoms with Crippen molar-refractivity contribution in [3.63, 3.8) is 0 Å². The molecule has 0 spiro atoms. The van der Waals surface area contributed by atoms with Crippen LogP contribution in [0.4, 0.5) is 33.6 Å². The molecular formula is C24H21Cl2FN8O4. The van der Waals surface area contributed by atoms with Gasteiger partial charge in [-0.2, -0.15) is 20.1 Å². The second kappa shape index (κ2) is 12.5. The van der Waals surface area contributed by atoms with Gasteiger partial charge in [0, 0.05) is 36.5 Å². The number of hydrazone groups is 1. The van der Waals surface area contributed by atoms with Crippen molar-refractivity contribution >= 4 is 59.4 Å². The van der Waals surface area contributed by atoms with Crippen LogP contribution in [0.15, 0.2) is 64.1 Å². The molecule has 1 aliphatic rings. The maximum absolute atomic E-state index is 13.3. The van der Waals surface area contributed by atoms with Crippen LogP contribution < -0.4 is 15.6 Å². The smallest absolute Gasteiger partial charge is 0.270 e. The predicted octanol–water partition coefficient (Wildman–Crippen LogP) is 5.28. The molecule has 0 amide bonds. The van der Waals surface area contributed by atoms with Crippen molar-refractivity contribution in [1.29, 1.82) is 0 Å². The Morgan fingerprint density at radius 2 is 1.79 bits per heavy atom. The van der Waals surface area contributed by atoms with Gasteiger partial charge in [0.05, 0.1) is 29.4 Å². The number of nitro groups is 1. The van der Waals surface area contributed by atoms with Crippen molar-refractivity contribution in [2.24, 2.45) is 5.10 Å². The summed E-state index contributed by atoms with van der Waals surface area (Å²) >= 11 is 6.19. The molecule has 3 heterocycles. The highest BCUT2D eigenvalue weighted by Crippen LogP contribution is 2.32. The van der Waals surface area contributed by atoms with E-state index in [4.69, 9.17) is 20.8 Å². The van der Waals surface area contributed by atoms with E-state index in [1.807, 2.05) is 4.90 Å².